The number of nitrogens with one attached hydrogen (secondary N) is 2. The van der Waals surface area contributed by atoms with Crippen molar-refractivity contribution in [3.63, 3.8) is 0 Å². The fourth-order valence-corrected chi connectivity index (χ4v) is 3.66. The van der Waals surface area contributed by atoms with Crippen molar-refractivity contribution in [2.24, 2.45) is 11.8 Å². The van der Waals surface area contributed by atoms with Crippen LogP contribution in [0.4, 0.5) is 0 Å². The number of hydrogen-bond acceptors (Lipinski definition) is 3. The number of aromatic nitrogens is 1. The van der Waals surface area contributed by atoms with Crippen molar-refractivity contribution in [2.75, 3.05) is 6.61 Å². The molecule has 3 unspecified atom stereocenters. The molecule has 1 aromatic heterocycles. The van der Waals surface area contributed by atoms with Crippen molar-refractivity contribution in [2.45, 2.75) is 45.6 Å². The second-order valence-corrected chi connectivity index (χ2v) is 7.14. The second-order valence-electron chi connectivity index (χ2n) is 7.14. The maximum Gasteiger partial charge on any atom is 0.310 e. The Hall–Kier alpha value is -2.30. The van der Waals surface area contributed by atoms with Gasteiger partial charge in [-0.05, 0) is 29.9 Å². The molecule has 5 heteroatoms. The summed E-state index contributed by atoms with van der Waals surface area (Å²) in [6, 6.07) is 7.99. The molecule has 1 heterocycles. The third-order valence-corrected chi connectivity index (χ3v) is 5.43. The molecule has 3 atom stereocenters. The maximum absolute atomic E-state index is 12.1. The van der Waals surface area contributed by atoms with Gasteiger partial charge in [0.2, 0.25) is 0 Å². The van der Waals surface area contributed by atoms with Gasteiger partial charge < -0.3 is 15.0 Å². The number of ether oxygens (including phenoxy) is 1. The van der Waals surface area contributed by atoms with Gasteiger partial charge in [0.25, 0.3) is 5.91 Å². The van der Waals surface area contributed by atoms with Crippen molar-refractivity contribution in [1.29, 1.82) is 0 Å². The highest BCUT2D eigenvalue weighted by molar-refractivity contribution is 5.88. The minimum Gasteiger partial charge on any atom is -0.455 e. The van der Waals surface area contributed by atoms with E-state index in [0.29, 0.717) is 11.8 Å². The van der Waals surface area contributed by atoms with Gasteiger partial charge in [-0.15, -0.1) is 0 Å². The monoisotopic (exact) mass is 342 g/mol. The van der Waals surface area contributed by atoms with E-state index in [1.165, 1.54) is 6.42 Å². The van der Waals surface area contributed by atoms with Gasteiger partial charge in [-0.2, -0.15) is 0 Å². The number of para-hydroxylation sites is 1. The minimum atomic E-state index is -0.384. The summed E-state index contributed by atoms with van der Waals surface area (Å²) >= 11 is 0. The topological polar surface area (TPSA) is 71.2 Å². The molecule has 2 aromatic rings. The number of carbonyl (C=O) groups is 2. The first-order chi connectivity index (χ1) is 12.0. The first kappa shape index (κ1) is 17.5. The smallest absolute Gasteiger partial charge is 0.310 e. The number of hydrogen-bond donors (Lipinski definition) is 2. The second kappa shape index (κ2) is 7.72. The minimum absolute atomic E-state index is 0.161. The number of esters is 1. The third kappa shape index (κ3) is 4.21. The Bertz CT molecular complexity index is 752. The largest absolute Gasteiger partial charge is 0.455 e. The number of carbonyl (C=O) groups excluding carboxylic acids is 2. The molecule has 5 nitrogen and oxygen atoms in total. The number of rotatable bonds is 5. The van der Waals surface area contributed by atoms with Crippen LogP contribution in [0.1, 0.15) is 38.7 Å². The van der Waals surface area contributed by atoms with Crippen LogP contribution in [-0.2, 0) is 20.7 Å². The van der Waals surface area contributed by atoms with E-state index in [1.807, 2.05) is 30.5 Å². The van der Waals surface area contributed by atoms with Crippen molar-refractivity contribution in [1.82, 2.24) is 10.3 Å². The van der Waals surface area contributed by atoms with E-state index < -0.39 is 0 Å². The van der Waals surface area contributed by atoms with Gasteiger partial charge in [-0.1, -0.05) is 44.9 Å². The first-order valence-corrected chi connectivity index (χ1v) is 9.04. The SMILES string of the molecule is CC1CCCC(NC(=O)COC(=O)Cc2c[nH]c3ccccc23)C1C. The predicted octanol–water partition coefficient (Wildman–Crippen LogP) is 3.19. The van der Waals surface area contributed by atoms with Crippen LogP contribution in [-0.4, -0.2) is 29.5 Å². The van der Waals surface area contributed by atoms with Crippen molar-refractivity contribution >= 4 is 22.8 Å². The van der Waals surface area contributed by atoms with Gasteiger partial charge in [-0.3, -0.25) is 9.59 Å². The van der Waals surface area contributed by atoms with Crippen LogP contribution < -0.4 is 5.32 Å². The van der Waals surface area contributed by atoms with Crippen LogP contribution in [0.3, 0.4) is 0 Å². The summed E-state index contributed by atoms with van der Waals surface area (Å²) in [7, 11) is 0. The Morgan fingerprint density at radius 3 is 2.88 bits per heavy atom. The average molecular weight is 342 g/mol. The van der Waals surface area contributed by atoms with Gasteiger partial charge in [-0.25, -0.2) is 0 Å². The van der Waals surface area contributed by atoms with Crippen LogP contribution in [0.15, 0.2) is 30.5 Å². The summed E-state index contributed by atoms with van der Waals surface area (Å²) in [6.45, 7) is 4.20. The van der Waals surface area contributed by atoms with E-state index in [0.717, 1.165) is 29.3 Å². The summed E-state index contributed by atoms with van der Waals surface area (Å²) in [4.78, 5) is 27.3. The Labute approximate surface area is 148 Å². The van der Waals surface area contributed by atoms with E-state index >= 15 is 0 Å². The highest BCUT2D eigenvalue weighted by Gasteiger charge is 2.28. The molecular weight excluding hydrogens is 316 g/mol. The summed E-state index contributed by atoms with van der Waals surface area (Å²) in [5.41, 5.74) is 1.87. The molecule has 25 heavy (non-hydrogen) atoms. The van der Waals surface area contributed by atoms with Gasteiger partial charge in [0.15, 0.2) is 6.61 Å². The zero-order valence-corrected chi connectivity index (χ0v) is 14.9. The summed E-state index contributed by atoms with van der Waals surface area (Å²) < 4.78 is 5.16. The first-order valence-electron chi connectivity index (χ1n) is 9.04. The number of benzene rings is 1. The van der Waals surface area contributed by atoms with E-state index in [1.54, 1.807) is 0 Å². The molecule has 1 aliphatic rings. The van der Waals surface area contributed by atoms with E-state index in [9.17, 15) is 9.59 Å². The molecular formula is C20H26N2O3. The average Bonchev–Trinajstić information content (AvgIpc) is 3.00. The summed E-state index contributed by atoms with van der Waals surface area (Å²) in [5.74, 6) is 0.478. The van der Waals surface area contributed by atoms with Crippen LogP contribution in [0.5, 0.6) is 0 Å². The van der Waals surface area contributed by atoms with E-state index in [-0.39, 0.29) is 30.9 Å². The molecule has 0 aliphatic heterocycles. The fourth-order valence-electron chi connectivity index (χ4n) is 3.66. The normalized spacial score (nSPS) is 23.4. The van der Waals surface area contributed by atoms with E-state index in [2.05, 4.69) is 24.1 Å². The van der Waals surface area contributed by atoms with Crippen LogP contribution in [0.25, 0.3) is 10.9 Å². The Morgan fingerprint density at radius 2 is 2.04 bits per heavy atom. The van der Waals surface area contributed by atoms with Gasteiger partial charge in [0.05, 0.1) is 6.42 Å². The summed E-state index contributed by atoms with van der Waals surface area (Å²) in [6.07, 6.45) is 5.33. The predicted molar refractivity (Wildman–Crippen MR) is 97.1 cm³/mol. The fraction of sp³-hybridized carbons (Fsp3) is 0.500. The summed E-state index contributed by atoms with van der Waals surface area (Å²) in [5, 5.41) is 4.03. The number of H-pyrrole nitrogens is 1. The van der Waals surface area contributed by atoms with Crippen molar-refractivity contribution < 1.29 is 14.3 Å². The lowest BCUT2D eigenvalue weighted by Crippen LogP contribution is -2.45. The van der Waals surface area contributed by atoms with Gasteiger partial charge >= 0.3 is 5.97 Å². The highest BCUT2D eigenvalue weighted by Crippen LogP contribution is 2.29. The van der Waals surface area contributed by atoms with Crippen molar-refractivity contribution in [3.8, 4) is 0 Å². The quantitative estimate of drug-likeness (QED) is 0.820. The van der Waals surface area contributed by atoms with Gasteiger partial charge in [0, 0.05) is 23.1 Å². The molecule has 0 bridgehead atoms. The molecule has 0 radical (unpaired) electrons. The molecule has 134 valence electrons. The van der Waals surface area contributed by atoms with Crippen molar-refractivity contribution in [3.05, 3.63) is 36.0 Å². The zero-order chi connectivity index (χ0) is 17.8. The lowest BCUT2D eigenvalue weighted by molar-refractivity contribution is -0.148. The number of aromatic amines is 1. The Morgan fingerprint density at radius 1 is 1.24 bits per heavy atom. The number of amides is 1. The molecule has 1 aliphatic carbocycles. The molecule has 0 saturated heterocycles. The molecule has 2 N–H and O–H groups in total. The molecule has 1 amide bonds. The van der Waals surface area contributed by atoms with E-state index in [4.69, 9.17) is 4.74 Å². The molecule has 1 fully saturated rings. The molecule has 1 aromatic carbocycles. The van der Waals surface area contributed by atoms with Gasteiger partial charge in [0.1, 0.15) is 0 Å². The molecule has 0 spiro atoms. The van der Waals surface area contributed by atoms with Crippen LogP contribution in [0, 0.1) is 11.8 Å². The van der Waals surface area contributed by atoms with Crippen LogP contribution in [0.2, 0.25) is 0 Å². The Balaban J connectivity index is 1.48. The highest BCUT2D eigenvalue weighted by atomic mass is 16.5. The maximum atomic E-state index is 12.1. The Kier molecular flexibility index (Phi) is 5.41. The standard InChI is InChI=1S/C20H26N2O3/c1-13-6-5-9-17(14(13)2)22-19(23)12-25-20(24)10-15-11-21-18-8-4-3-7-16(15)18/h3-4,7-8,11,13-14,17,21H,5-6,9-10,12H2,1-2H3,(H,22,23). The third-order valence-electron chi connectivity index (χ3n) is 5.43. The van der Waals surface area contributed by atoms with Crippen LogP contribution >= 0.6 is 0 Å². The molecule has 3 rings (SSSR count). The zero-order valence-electron chi connectivity index (χ0n) is 14.9. The lowest BCUT2D eigenvalue weighted by atomic mass is 9.78. The lowest BCUT2D eigenvalue weighted by Gasteiger charge is -2.34. The number of fused-ring (bicyclic) bond motifs is 1. The molecule has 1 saturated carbocycles.